The van der Waals surface area contributed by atoms with Crippen molar-refractivity contribution in [1.82, 2.24) is 5.32 Å². The summed E-state index contributed by atoms with van der Waals surface area (Å²) in [5.74, 6) is 0.0723. The Labute approximate surface area is 103 Å². The number of rotatable bonds is 5. The summed E-state index contributed by atoms with van der Waals surface area (Å²) in [6.07, 6.45) is 1.23. The number of carbonyl (C=O) groups excluding carboxylic acids is 2. The number of Topliss-reactive ketones (excluding diaryl/α,β-unsaturated/α-hetero) is 1. The van der Waals surface area contributed by atoms with E-state index in [1.165, 1.54) is 0 Å². The molecular weight excluding hydrogens is 214 g/mol. The van der Waals surface area contributed by atoms with Gasteiger partial charge in [-0.25, -0.2) is 0 Å². The number of hydrogen-bond acceptors (Lipinski definition) is 2. The number of ketones is 1. The molecule has 0 aliphatic rings. The van der Waals surface area contributed by atoms with Crippen LogP contribution in [0.15, 0.2) is 30.3 Å². The zero-order chi connectivity index (χ0) is 13.1. The zero-order valence-corrected chi connectivity index (χ0v) is 10.8. The third-order valence-electron chi connectivity index (χ3n) is 2.03. The van der Waals surface area contributed by atoms with Gasteiger partial charge in [-0.3, -0.25) is 4.79 Å². The van der Waals surface area contributed by atoms with Gasteiger partial charge >= 0.3 is 0 Å². The van der Waals surface area contributed by atoms with Crippen LogP contribution in [-0.4, -0.2) is 18.2 Å². The number of hydrogen-bond donors (Lipinski definition) is 1. The van der Waals surface area contributed by atoms with Crippen molar-refractivity contribution in [3.05, 3.63) is 35.9 Å². The van der Waals surface area contributed by atoms with Crippen molar-refractivity contribution >= 4 is 11.7 Å². The first-order chi connectivity index (χ1) is 8.20. The van der Waals surface area contributed by atoms with Crippen molar-refractivity contribution in [2.24, 2.45) is 0 Å². The molecule has 0 saturated carbocycles. The van der Waals surface area contributed by atoms with Gasteiger partial charge in [0.05, 0.1) is 0 Å². The standard InChI is InChI=1S/C12H15NO2.C2H6/c1-10(14)6-5-9-13-12(15)11-7-3-2-4-8-11;1-2/h2-4,7-8H,5-6,9H2,1H3,(H,13,15);1-2H3. The first-order valence-electron chi connectivity index (χ1n) is 6.03. The molecule has 0 unspecified atom stereocenters. The van der Waals surface area contributed by atoms with Crippen LogP contribution in [0.5, 0.6) is 0 Å². The Bertz CT molecular complexity index is 333. The van der Waals surface area contributed by atoms with Gasteiger partial charge in [0.2, 0.25) is 0 Å². The lowest BCUT2D eigenvalue weighted by Gasteiger charge is -2.03. The van der Waals surface area contributed by atoms with E-state index in [0.29, 0.717) is 24.9 Å². The summed E-state index contributed by atoms with van der Waals surface area (Å²) in [4.78, 5) is 22.1. The highest BCUT2D eigenvalue weighted by atomic mass is 16.1. The molecule has 1 N–H and O–H groups in total. The molecule has 0 heterocycles. The predicted molar refractivity (Wildman–Crippen MR) is 70.0 cm³/mol. The molecule has 94 valence electrons. The van der Waals surface area contributed by atoms with E-state index in [2.05, 4.69) is 5.32 Å². The normalized spacial score (nSPS) is 8.88. The van der Waals surface area contributed by atoms with E-state index in [9.17, 15) is 9.59 Å². The molecule has 1 rings (SSSR count). The maximum Gasteiger partial charge on any atom is 0.251 e. The highest BCUT2D eigenvalue weighted by Gasteiger charge is 2.02. The van der Waals surface area contributed by atoms with Crippen LogP contribution < -0.4 is 5.32 Å². The van der Waals surface area contributed by atoms with Crippen LogP contribution in [0.4, 0.5) is 0 Å². The largest absolute Gasteiger partial charge is 0.352 e. The van der Waals surface area contributed by atoms with E-state index < -0.39 is 0 Å². The Kier molecular flexibility index (Phi) is 8.65. The minimum atomic E-state index is -0.0841. The second kappa shape index (κ2) is 9.58. The first kappa shape index (κ1) is 15.4. The van der Waals surface area contributed by atoms with Crippen LogP contribution in [0.1, 0.15) is 44.0 Å². The third-order valence-corrected chi connectivity index (χ3v) is 2.03. The molecule has 0 aliphatic heterocycles. The molecule has 1 aromatic rings. The highest BCUT2D eigenvalue weighted by molar-refractivity contribution is 5.94. The summed E-state index contributed by atoms with van der Waals surface area (Å²) in [5, 5.41) is 2.76. The van der Waals surface area contributed by atoms with Crippen LogP contribution in [0.25, 0.3) is 0 Å². The molecule has 1 aromatic carbocycles. The van der Waals surface area contributed by atoms with Crippen molar-refractivity contribution in [3.63, 3.8) is 0 Å². The van der Waals surface area contributed by atoms with Crippen LogP contribution in [0, 0.1) is 0 Å². The molecule has 0 radical (unpaired) electrons. The van der Waals surface area contributed by atoms with Gasteiger partial charge in [0.25, 0.3) is 5.91 Å². The minimum Gasteiger partial charge on any atom is -0.352 e. The smallest absolute Gasteiger partial charge is 0.251 e. The van der Waals surface area contributed by atoms with E-state index in [0.717, 1.165) is 0 Å². The van der Waals surface area contributed by atoms with E-state index in [-0.39, 0.29) is 11.7 Å². The Morgan fingerprint density at radius 2 is 1.71 bits per heavy atom. The topological polar surface area (TPSA) is 46.2 Å². The maximum atomic E-state index is 11.5. The molecule has 1 amide bonds. The Hall–Kier alpha value is -1.64. The van der Waals surface area contributed by atoms with Gasteiger partial charge in [0.1, 0.15) is 5.78 Å². The van der Waals surface area contributed by atoms with Crippen LogP contribution in [-0.2, 0) is 4.79 Å². The monoisotopic (exact) mass is 235 g/mol. The number of carbonyl (C=O) groups is 2. The van der Waals surface area contributed by atoms with Gasteiger partial charge in [0.15, 0.2) is 0 Å². The summed E-state index contributed by atoms with van der Waals surface area (Å²) in [6.45, 7) is 6.10. The van der Waals surface area contributed by atoms with Crippen molar-refractivity contribution in [2.75, 3.05) is 6.54 Å². The van der Waals surface area contributed by atoms with E-state index in [1.54, 1.807) is 19.1 Å². The van der Waals surface area contributed by atoms with Crippen LogP contribution >= 0.6 is 0 Å². The molecule has 0 saturated heterocycles. The summed E-state index contributed by atoms with van der Waals surface area (Å²) in [6, 6.07) is 9.04. The molecule has 0 atom stereocenters. The third kappa shape index (κ3) is 7.28. The Morgan fingerprint density at radius 3 is 2.24 bits per heavy atom. The Morgan fingerprint density at radius 1 is 1.12 bits per heavy atom. The first-order valence-corrected chi connectivity index (χ1v) is 6.03. The number of benzene rings is 1. The SMILES string of the molecule is CC.CC(=O)CCCNC(=O)c1ccccc1. The van der Waals surface area contributed by atoms with Crippen molar-refractivity contribution < 1.29 is 9.59 Å². The summed E-state index contributed by atoms with van der Waals surface area (Å²) in [7, 11) is 0. The van der Waals surface area contributed by atoms with Crippen molar-refractivity contribution in [1.29, 1.82) is 0 Å². The van der Waals surface area contributed by atoms with Gasteiger partial charge in [-0.15, -0.1) is 0 Å². The zero-order valence-electron chi connectivity index (χ0n) is 10.8. The highest BCUT2D eigenvalue weighted by Crippen LogP contribution is 1.98. The fraction of sp³-hybridized carbons (Fsp3) is 0.429. The maximum absolute atomic E-state index is 11.5. The molecule has 0 spiro atoms. The second-order valence-corrected chi connectivity index (χ2v) is 3.43. The minimum absolute atomic E-state index is 0.0841. The number of amides is 1. The molecule has 0 aromatic heterocycles. The van der Waals surface area contributed by atoms with Crippen LogP contribution in [0.2, 0.25) is 0 Å². The van der Waals surface area contributed by atoms with Gasteiger partial charge in [-0.2, -0.15) is 0 Å². The molecule has 3 nitrogen and oxygen atoms in total. The molecular formula is C14H21NO2. The van der Waals surface area contributed by atoms with E-state index >= 15 is 0 Å². The number of nitrogens with one attached hydrogen (secondary N) is 1. The molecule has 3 heteroatoms. The lowest BCUT2D eigenvalue weighted by atomic mass is 10.2. The molecule has 0 bridgehead atoms. The predicted octanol–water partition coefficient (Wildman–Crippen LogP) is 2.81. The molecule has 17 heavy (non-hydrogen) atoms. The van der Waals surface area contributed by atoms with Gasteiger partial charge in [0, 0.05) is 18.5 Å². The average Bonchev–Trinajstić information content (AvgIpc) is 2.37. The lowest BCUT2D eigenvalue weighted by Crippen LogP contribution is -2.24. The summed E-state index contributed by atoms with van der Waals surface area (Å²) in [5.41, 5.74) is 0.653. The fourth-order valence-electron chi connectivity index (χ4n) is 1.23. The van der Waals surface area contributed by atoms with Gasteiger partial charge in [-0.05, 0) is 25.5 Å². The summed E-state index contributed by atoms with van der Waals surface area (Å²) < 4.78 is 0. The molecule has 0 aliphatic carbocycles. The average molecular weight is 235 g/mol. The van der Waals surface area contributed by atoms with Gasteiger partial charge < -0.3 is 10.1 Å². The van der Waals surface area contributed by atoms with E-state index in [4.69, 9.17) is 0 Å². The van der Waals surface area contributed by atoms with Crippen molar-refractivity contribution in [2.45, 2.75) is 33.6 Å². The van der Waals surface area contributed by atoms with Gasteiger partial charge in [-0.1, -0.05) is 32.0 Å². The Balaban J connectivity index is 0.00000121. The van der Waals surface area contributed by atoms with Crippen molar-refractivity contribution in [3.8, 4) is 0 Å². The quantitative estimate of drug-likeness (QED) is 0.798. The second-order valence-electron chi connectivity index (χ2n) is 3.43. The van der Waals surface area contributed by atoms with Crippen LogP contribution in [0.3, 0.4) is 0 Å². The molecule has 0 fully saturated rings. The fourth-order valence-corrected chi connectivity index (χ4v) is 1.23. The lowest BCUT2D eigenvalue weighted by molar-refractivity contribution is -0.117. The van der Waals surface area contributed by atoms with E-state index in [1.807, 2.05) is 32.0 Å². The summed E-state index contributed by atoms with van der Waals surface area (Å²) >= 11 is 0.